The Hall–Kier alpha value is -0.890. The zero-order valence-electron chi connectivity index (χ0n) is 11.0. The van der Waals surface area contributed by atoms with E-state index in [1.807, 2.05) is 13.0 Å². The molecular weight excluding hydrogens is 213 g/mol. The first kappa shape index (κ1) is 12.6. The molecule has 0 aromatic heterocycles. The minimum atomic E-state index is -0.357. The van der Waals surface area contributed by atoms with E-state index in [1.165, 1.54) is 6.42 Å². The number of halogens is 1. The third-order valence-electron chi connectivity index (χ3n) is 4.24. The molecule has 2 rings (SSSR count). The lowest BCUT2D eigenvalue weighted by Crippen LogP contribution is -2.47. The topological polar surface area (TPSA) is 26.0 Å². The third kappa shape index (κ3) is 2.37. The van der Waals surface area contributed by atoms with E-state index in [4.69, 9.17) is 5.73 Å². The highest BCUT2D eigenvalue weighted by atomic mass is 19.1. The molecule has 0 heterocycles. The second-order valence-corrected chi connectivity index (χ2v) is 5.85. The normalized spacial score (nSPS) is 33.7. The summed E-state index contributed by atoms with van der Waals surface area (Å²) in [5.41, 5.74) is 8.15. The zero-order valence-corrected chi connectivity index (χ0v) is 11.0. The number of aryl methyl sites for hydroxylation is 1. The van der Waals surface area contributed by atoms with Gasteiger partial charge in [0.25, 0.3) is 0 Å². The third-order valence-corrected chi connectivity index (χ3v) is 4.24. The summed E-state index contributed by atoms with van der Waals surface area (Å²) in [7, 11) is 0. The Morgan fingerprint density at radius 2 is 1.94 bits per heavy atom. The molecule has 0 bridgehead atoms. The van der Waals surface area contributed by atoms with Crippen molar-refractivity contribution in [2.75, 3.05) is 0 Å². The molecular formula is C15H22FN. The van der Waals surface area contributed by atoms with Gasteiger partial charge in [0.05, 0.1) is 0 Å². The first-order valence-electron chi connectivity index (χ1n) is 6.48. The van der Waals surface area contributed by atoms with Crippen LogP contribution in [0.5, 0.6) is 0 Å². The summed E-state index contributed by atoms with van der Waals surface area (Å²) in [5, 5.41) is 0. The van der Waals surface area contributed by atoms with Crippen LogP contribution in [0.3, 0.4) is 0 Å². The van der Waals surface area contributed by atoms with Crippen molar-refractivity contribution in [1.82, 2.24) is 0 Å². The quantitative estimate of drug-likeness (QED) is 0.788. The fourth-order valence-electron chi connectivity index (χ4n) is 3.08. The van der Waals surface area contributed by atoms with Gasteiger partial charge in [0.15, 0.2) is 0 Å². The molecule has 1 aliphatic carbocycles. The Bertz CT molecular complexity index is 395. The van der Waals surface area contributed by atoms with E-state index in [-0.39, 0.29) is 11.4 Å². The molecule has 2 N–H and O–H groups in total. The van der Waals surface area contributed by atoms with Crippen LogP contribution in [0.4, 0.5) is 4.39 Å². The first-order valence-corrected chi connectivity index (χ1v) is 6.48. The lowest BCUT2D eigenvalue weighted by molar-refractivity contribution is 0.161. The van der Waals surface area contributed by atoms with Crippen molar-refractivity contribution in [3.05, 3.63) is 35.1 Å². The molecule has 17 heavy (non-hydrogen) atoms. The van der Waals surface area contributed by atoms with Crippen LogP contribution < -0.4 is 5.73 Å². The predicted octanol–water partition coefficient (Wildman–Crippen LogP) is 3.74. The molecule has 0 spiro atoms. The predicted molar refractivity (Wildman–Crippen MR) is 69.2 cm³/mol. The van der Waals surface area contributed by atoms with Crippen molar-refractivity contribution in [2.45, 2.75) is 45.6 Å². The van der Waals surface area contributed by atoms with Crippen LogP contribution in [-0.2, 0) is 5.54 Å². The molecule has 1 fully saturated rings. The Morgan fingerprint density at radius 3 is 2.59 bits per heavy atom. The Balaban J connectivity index is 2.41. The molecule has 1 aliphatic rings. The molecule has 1 saturated carbocycles. The van der Waals surface area contributed by atoms with Gasteiger partial charge in [-0.3, -0.25) is 0 Å². The zero-order chi connectivity index (χ0) is 12.6. The SMILES string of the molecule is Cc1cc(F)cc(C2(N)CC(C)CCC2C)c1. The van der Waals surface area contributed by atoms with Gasteiger partial charge in [-0.05, 0) is 54.9 Å². The van der Waals surface area contributed by atoms with Gasteiger partial charge in [-0.25, -0.2) is 4.39 Å². The van der Waals surface area contributed by atoms with Crippen LogP contribution in [0.15, 0.2) is 18.2 Å². The van der Waals surface area contributed by atoms with Gasteiger partial charge in [0.1, 0.15) is 5.82 Å². The number of rotatable bonds is 1. The van der Waals surface area contributed by atoms with Crippen LogP contribution >= 0.6 is 0 Å². The minimum absolute atomic E-state index is 0.171. The van der Waals surface area contributed by atoms with Crippen LogP contribution in [0.2, 0.25) is 0 Å². The summed E-state index contributed by atoms with van der Waals surface area (Å²) >= 11 is 0. The van der Waals surface area contributed by atoms with Crippen molar-refractivity contribution < 1.29 is 4.39 Å². The molecule has 0 amide bonds. The van der Waals surface area contributed by atoms with Gasteiger partial charge in [0.2, 0.25) is 0 Å². The standard InChI is InChI=1S/C15H22FN/c1-10-4-5-12(3)15(17,9-10)13-6-11(2)7-14(16)8-13/h6-8,10,12H,4-5,9,17H2,1-3H3. The van der Waals surface area contributed by atoms with E-state index in [2.05, 4.69) is 13.8 Å². The second-order valence-electron chi connectivity index (χ2n) is 5.85. The van der Waals surface area contributed by atoms with Crippen LogP contribution in [0, 0.1) is 24.6 Å². The van der Waals surface area contributed by atoms with Gasteiger partial charge in [0, 0.05) is 5.54 Å². The van der Waals surface area contributed by atoms with Crippen molar-refractivity contribution >= 4 is 0 Å². The highest BCUT2D eigenvalue weighted by Crippen LogP contribution is 2.42. The fourth-order valence-corrected chi connectivity index (χ4v) is 3.08. The van der Waals surface area contributed by atoms with E-state index in [0.29, 0.717) is 11.8 Å². The molecule has 1 nitrogen and oxygen atoms in total. The van der Waals surface area contributed by atoms with Crippen molar-refractivity contribution in [3.63, 3.8) is 0 Å². The summed E-state index contributed by atoms with van der Waals surface area (Å²) in [6.07, 6.45) is 3.32. The summed E-state index contributed by atoms with van der Waals surface area (Å²) in [4.78, 5) is 0. The van der Waals surface area contributed by atoms with Crippen LogP contribution in [0.1, 0.15) is 44.2 Å². The Kier molecular flexibility index (Phi) is 3.26. The molecule has 0 radical (unpaired) electrons. The lowest BCUT2D eigenvalue weighted by atomic mass is 9.67. The Labute approximate surface area is 103 Å². The molecule has 1 aromatic rings. The molecule has 0 saturated heterocycles. The van der Waals surface area contributed by atoms with E-state index in [1.54, 1.807) is 12.1 Å². The maximum atomic E-state index is 13.5. The average Bonchev–Trinajstić information content (AvgIpc) is 2.22. The van der Waals surface area contributed by atoms with Gasteiger partial charge >= 0.3 is 0 Å². The monoisotopic (exact) mass is 235 g/mol. The van der Waals surface area contributed by atoms with E-state index >= 15 is 0 Å². The van der Waals surface area contributed by atoms with Crippen LogP contribution in [0.25, 0.3) is 0 Å². The van der Waals surface area contributed by atoms with Crippen molar-refractivity contribution in [1.29, 1.82) is 0 Å². The Morgan fingerprint density at radius 1 is 1.24 bits per heavy atom. The number of benzene rings is 1. The number of nitrogens with two attached hydrogens (primary N) is 1. The summed E-state index contributed by atoms with van der Waals surface area (Å²) in [6, 6.07) is 5.21. The van der Waals surface area contributed by atoms with E-state index in [0.717, 1.165) is 24.0 Å². The maximum absolute atomic E-state index is 13.5. The summed E-state index contributed by atoms with van der Waals surface area (Å²) < 4.78 is 13.5. The lowest BCUT2D eigenvalue weighted by Gasteiger charge is -2.43. The summed E-state index contributed by atoms with van der Waals surface area (Å²) in [5.74, 6) is 0.870. The second kappa shape index (κ2) is 4.41. The number of hydrogen-bond acceptors (Lipinski definition) is 1. The largest absolute Gasteiger partial charge is 0.321 e. The van der Waals surface area contributed by atoms with E-state index < -0.39 is 0 Å². The molecule has 2 heteroatoms. The van der Waals surface area contributed by atoms with Crippen LogP contribution in [-0.4, -0.2) is 0 Å². The van der Waals surface area contributed by atoms with Crippen molar-refractivity contribution in [3.8, 4) is 0 Å². The van der Waals surface area contributed by atoms with Crippen molar-refractivity contribution in [2.24, 2.45) is 17.6 Å². The van der Waals surface area contributed by atoms with Gasteiger partial charge in [-0.2, -0.15) is 0 Å². The molecule has 3 unspecified atom stereocenters. The fraction of sp³-hybridized carbons (Fsp3) is 0.600. The molecule has 1 aromatic carbocycles. The molecule has 94 valence electrons. The average molecular weight is 235 g/mol. The molecule has 3 atom stereocenters. The number of hydrogen-bond donors (Lipinski definition) is 1. The smallest absolute Gasteiger partial charge is 0.123 e. The van der Waals surface area contributed by atoms with Gasteiger partial charge < -0.3 is 5.73 Å². The van der Waals surface area contributed by atoms with Gasteiger partial charge in [-0.1, -0.05) is 26.3 Å². The van der Waals surface area contributed by atoms with E-state index in [9.17, 15) is 4.39 Å². The molecule has 0 aliphatic heterocycles. The summed E-state index contributed by atoms with van der Waals surface area (Å²) in [6.45, 7) is 6.35. The minimum Gasteiger partial charge on any atom is -0.321 e. The highest BCUT2D eigenvalue weighted by Gasteiger charge is 2.38. The van der Waals surface area contributed by atoms with Gasteiger partial charge in [-0.15, -0.1) is 0 Å². The first-order chi connectivity index (χ1) is 7.91. The maximum Gasteiger partial charge on any atom is 0.123 e. The highest BCUT2D eigenvalue weighted by molar-refractivity contribution is 5.31.